The number of rotatable bonds is 3. The molecule has 0 unspecified atom stereocenters. The molecule has 0 saturated carbocycles. The van der Waals surface area contributed by atoms with Crippen LogP contribution in [0.4, 0.5) is 0 Å². The van der Waals surface area contributed by atoms with Crippen molar-refractivity contribution in [1.82, 2.24) is 15.5 Å². The van der Waals surface area contributed by atoms with Crippen molar-refractivity contribution in [1.29, 1.82) is 0 Å². The summed E-state index contributed by atoms with van der Waals surface area (Å²) in [5, 5.41) is 7.36. The lowest BCUT2D eigenvalue weighted by Crippen LogP contribution is -2.26. The Bertz CT molecular complexity index is 303. The lowest BCUT2D eigenvalue weighted by molar-refractivity contribution is 0.317. The molecule has 1 aliphatic heterocycles. The Kier molecular flexibility index (Phi) is 3.36. The van der Waals surface area contributed by atoms with Crippen LogP contribution < -0.4 is 5.32 Å². The van der Waals surface area contributed by atoms with Crippen molar-refractivity contribution in [3.05, 3.63) is 11.7 Å². The van der Waals surface area contributed by atoms with E-state index in [0.29, 0.717) is 11.8 Å². The highest BCUT2D eigenvalue weighted by molar-refractivity contribution is 4.96. The lowest BCUT2D eigenvalue weighted by Gasteiger charge is -2.18. The van der Waals surface area contributed by atoms with E-state index in [1.807, 2.05) is 0 Å². The van der Waals surface area contributed by atoms with E-state index in [0.717, 1.165) is 44.1 Å². The molecule has 0 aliphatic carbocycles. The average molecular weight is 209 g/mol. The van der Waals surface area contributed by atoms with Crippen molar-refractivity contribution in [2.24, 2.45) is 5.92 Å². The molecular weight excluding hydrogens is 190 g/mol. The Morgan fingerprint density at radius 2 is 2.13 bits per heavy atom. The van der Waals surface area contributed by atoms with E-state index in [1.54, 1.807) is 0 Å². The van der Waals surface area contributed by atoms with Crippen LogP contribution in [0.2, 0.25) is 0 Å². The van der Waals surface area contributed by atoms with Gasteiger partial charge in [0, 0.05) is 12.3 Å². The zero-order valence-corrected chi connectivity index (χ0v) is 9.49. The van der Waals surface area contributed by atoms with Gasteiger partial charge >= 0.3 is 0 Å². The summed E-state index contributed by atoms with van der Waals surface area (Å²) in [4.78, 5) is 4.47. The molecule has 84 valence electrons. The van der Waals surface area contributed by atoms with Crippen LogP contribution in [0, 0.1) is 5.92 Å². The first-order chi connectivity index (χ1) is 7.25. The minimum absolute atomic E-state index is 0.472. The lowest BCUT2D eigenvalue weighted by atomic mass is 9.98. The molecular formula is C11H19N3O. The van der Waals surface area contributed by atoms with Crippen LogP contribution in [0.5, 0.6) is 0 Å². The van der Waals surface area contributed by atoms with E-state index >= 15 is 0 Å². The third kappa shape index (κ3) is 2.78. The number of hydrogen-bond donors (Lipinski definition) is 1. The van der Waals surface area contributed by atoms with Crippen LogP contribution in [0.15, 0.2) is 4.52 Å². The van der Waals surface area contributed by atoms with Gasteiger partial charge in [-0.15, -0.1) is 0 Å². The number of aromatic nitrogens is 2. The van der Waals surface area contributed by atoms with Gasteiger partial charge in [-0.05, 0) is 31.8 Å². The van der Waals surface area contributed by atoms with Crippen molar-refractivity contribution in [3.63, 3.8) is 0 Å². The predicted molar refractivity (Wildman–Crippen MR) is 57.7 cm³/mol. The highest BCUT2D eigenvalue weighted by Crippen LogP contribution is 2.23. The van der Waals surface area contributed by atoms with Crippen molar-refractivity contribution < 1.29 is 4.52 Å². The number of nitrogens with one attached hydrogen (secondary N) is 1. The van der Waals surface area contributed by atoms with E-state index in [4.69, 9.17) is 4.52 Å². The normalized spacial score (nSPS) is 18.6. The number of nitrogens with zero attached hydrogens (tertiary/aromatic N) is 2. The highest BCUT2D eigenvalue weighted by Gasteiger charge is 2.21. The summed E-state index contributed by atoms with van der Waals surface area (Å²) >= 11 is 0. The second kappa shape index (κ2) is 4.75. The van der Waals surface area contributed by atoms with Gasteiger partial charge in [0.25, 0.3) is 0 Å². The van der Waals surface area contributed by atoms with Crippen LogP contribution in [0.3, 0.4) is 0 Å². The first kappa shape index (κ1) is 10.6. The van der Waals surface area contributed by atoms with Crippen LogP contribution in [0.25, 0.3) is 0 Å². The molecule has 1 aromatic heterocycles. The Labute approximate surface area is 90.4 Å². The molecule has 0 radical (unpaired) electrons. The van der Waals surface area contributed by atoms with Gasteiger partial charge in [-0.3, -0.25) is 0 Å². The molecule has 0 bridgehead atoms. The first-order valence-corrected chi connectivity index (χ1v) is 5.79. The first-order valence-electron chi connectivity index (χ1n) is 5.79. The van der Waals surface area contributed by atoms with Gasteiger partial charge in [-0.25, -0.2) is 0 Å². The second-order valence-corrected chi connectivity index (χ2v) is 4.67. The fourth-order valence-corrected chi connectivity index (χ4v) is 1.95. The maximum absolute atomic E-state index is 5.32. The van der Waals surface area contributed by atoms with Crippen molar-refractivity contribution >= 4 is 0 Å². The SMILES string of the molecule is CC(C)Cc1noc(C2CCNCC2)n1. The molecule has 0 spiro atoms. The van der Waals surface area contributed by atoms with Crippen LogP contribution in [-0.2, 0) is 6.42 Å². The fourth-order valence-electron chi connectivity index (χ4n) is 1.95. The van der Waals surface area contributed by atoms with Crippen molar-refractivity contribution in [2.45, 2.75) is 39.0 Å². The molecule has 1 aromatic rings. The van der Waals surface area contributed by atoms with Gasteiger partial charge < -0.3 is 9.84 Å². The van der Waals surface area contributed by atoms with Crippen LogP contribution >= 0.6 is 0 Å². The Hall–Kier alpha value is -0.900. The fraction of sp³-hybridized carbons (Fsp3) is 0.818. The summed E-state index contributed by atoms with van der Waals surface area (Å²) in [5.41, 5.74) is 0. The van der Waals surface area contributed by atoms with E-state index in [-0.39, 0.29) is 0 Å². The van der Waals surface area contributed by atoms with Crippen LogP contribution in [0.1, 0.15) is 44.3 Å². The number of hydrogen-bond acceptors (Lipinski definition) is 4. The quantitative estimate of drug-likeness (QED) is 0.823. The molecule has 0 atom stereocenters. The average Bonchev–Trinajstić information content (AvgIpc) is 2.67. The zero-order valence-electron chi connectivity index (χ0n) is 9.49. The second-order valence-electron chi connectivity index (χ2n) is 4.67. The van der Waals surface area contributed by atoms with E-state index in [2.05, 4.69) is 29.3 Å². The Balaban J connectivity index is 1.99. The molecule has 1 N–H and O–H groups in total. The molecule has 1 aliphatic rings. The maximum Gasteiger partial charge on any atom is 0.229 e. The molecule has 4 nitrogen and oxygen atoms in total. The Morgan fingerprint density at radius 3 is 2.80 bits per heavy atom. The molecule has 1 saturated heterocycles. The van der Waals surface area contributed by atoms with Gasteiger partial charge in [-0.1, -0.05) is 19.0 Å². The minimum atomic E-state index is 0.472. The summed E-state index contributed by atoms with van der Waals surface area (Å²) in [6.07, 6.45) is 3.14. The third-order valence-corrected chi connectivity index (χ3v) is 2.76. The van der Waals surface area contributed by atoms with Gasteiger partial charge in [0.1, 0.15) is 0 Å². The number of piperidine rings is 1. The zero-order chi connectivity index (χ0) is 10.7. The minimum Gasteiger partial charge on any atom is -0.339 e. The smallest absolute Gasteiger partial charge is 0.229 e. The topological polar surface area (TPSA) is 51.0 Å². The summed E-state index contributed by atoms with van der Waals surface area (Å²) in [7, 11) is 0. The maximum atomic E-state index is 5.32. The molecule has 4 heteroatoms. The largest absolute Gasteiger partial charge is 0.339 e. The predicted octanol–water partition coefficient (Wildman–Crippen LogP) is 1.74. The van der Waals surface area contributed by atoms with Crippen molar-refractivity contribution in [2.75, 3.05) is 13.1 Å². The van der Waals surface area contributed by atoms with E-state index < -0.39 is 0 Å². The van der Waals surface area contributed by atoms with E-state index in [9.17, 15) is 0 Å². The summed E-state index contributed by atoms with van der Waals surface area (Å²) in [6, 6.07) is 0. The molecule has 0 amide bonds. The van der Waals surface area contributed by atoms with Gasteiger partial charge in [-0.2, -0.15) is 4.98 Å². The Morgan fingerprint density at radius 1 is 1.40 bits per heavy atom. The third-order valence-electron chi connectivity index (χ3n) is 2.76. The molecule has 2 heterocycles. The van der Waals surface area contributed by atoms with Crippen LogP contribution in [-0.4, -0.2) is 23.2 Å². The van der Waals surface area contributed by atoms with Gasteiger partial charge in [0.15, 0.2) is 5.82 Å². The van der Waals surface area contributed by atoms with Gasteiger partial charge in [0.2, 0.25) is 5.89 Å². The molecule has 1 fully saturated rings. The summed E-state index contributed by atoms with van der Waals surface area (Å²) in [6.45, 7) is 6.46. The molecule has 2 rings (SSSR count). The summed E-state index contributed by atoms with van der Waals surface area (Å²) in [5.74, 6) is 2.76. The molecule has 0 aromatic carbocycles. The van der Waals surface area contributed by atoms with Gasteiger partial charge in [0.05, 0.1) is 0 Å². The molecule has 15 heavy (non-hydrogen) atoms. The van der Waals surface area contributed by atoms with Crippen molar-refractivity contribution in [3.8, 4) is 0 Å². The summed E-state index contributed by atoms with van der Waals surface area (Å²) < 4.78 is 5.32. The monoisotopic (exact) mass is 209 g/mol. The van der Waals surface area contributed by atoms with E-state index in [1.165, 1.54) is 0 Å². The highest BCUT2D eigenvalue weighted by atomic mass is 16.5. The standard InChI is InChI=1S/C11H19N3O/c1-8(2)7-10-13-11(15-14-10)9-3-5-12-6-4-9/h8-9,12H,3-7H2,1-2H3.